The lowest BCUT2D eigenvalue weighted by Gasteiger charge is -2.19. The standard InChI is InChI=1S/C16H20N4O3/c1-9-13-11(8-22-9)18-14(20-13)10-5-6-12(17-7-10)19-15(21)23-16(2,3)4/h5-7,9H,8H2,1-4H3,(H,18,20)(H,17,19,21). The number of nitrogens with zero attached hydrogens (tertiary/aromatic N) is 2. The smallest absolute Gasteiger partial charge is 0.413 e. The monoisotopic (exact) mass is 316 g/mol. The van der Waals surface area contributed by atoms with Gasteiger partial charge in [-0.2, -0.15) is 0 Å². The van der Waals surface area contributed by atoms with E-state index in [1.165, 1.54) is 0 Å². The van der Waals surface area contributed by atoms with Crippen LogP contribution in [-0.2, 0) is 16.1 Å². The number of anilines is 1. The molecule has 0 bridgehead atoms. The Kier molecular flexibility index (Phi) is 3.81. The minimum absolute atomic E-state index is 0.0102. The Morgan fingerprint density at radius 1 is 1.43 bits per heavy atom. The van der Waals surface area contributed by atoms with Crippen molar-refractivity contribution in [2.75, 3.05) is 5.32 Å². The molecule has 1 aliphatic heterocycles. The van der Waals surface area contributed by atoms with Crippen LogP contribution in [0.4, 0.5) is 10.6 Å². The van der Waals surface area contributed by atoms with E-state index in [-0.39, 0.29) is 6.10 Å². The topological polar surface area (TPSA) is 89.1 Å². The van der Waals surface area contributed by atoms with E-state index < -0.39 is 11.7 Å². The molecule has 1 aliphatic rings. The summed E-state index contributed by atoms with van der Waals surface area (Å²) >= 11 is 0. The number of aromatic nitrogens is 3. The first-order chi connectivity index (χ1) is 10.8. The Bertz CT molecular complexity index is 716. The molecule has 1 unspecified atom stereocenters. The molecule has 7 heteroatoms. The van der Waals surface area contributed by atoms with E-state index >= 15 is 0 Å². The van der Waals surface area contributed by atoms with Crippen LogP contribution in [0, 0.1) is 0 Å². The maximum atomic E-state index is 11.7. The zero-order valence-corrected chi connectivity index (χ0v) is 13.6. The van der Waals surface area contributed by atoms with Gasteiger partial charge in [-0.05, 0) is 39.8 Å². The number of hydrogen-bond donors (Lipinski definition) is 2. The predicted molar refractivity (Wildman–Crippen MR) is 84.9 cm³/mol. The highest BCUT2D eigenvalue weighted by Crippen LogP contribution is 2.30. The van der Waals surface area contributed by atoms with Crippen molar-refractivity contribution < 1.29 is 14.3 Å². The molecule has 3 heterocycles. The second-order valence-electron chi connectivity index (χ2n) is 6.46. The van der Waals surface area contributed by atoms with Gasteiger partial charge in [0.25, 0.3) is 0 Å². The van der Waals surface area contributed by atoms with E-state index in [9.17, 15) is 4.79 Å². The Labute approximate surface area is 134 Å². The normalized spacial score (nSPS) is 17.0. The van der Waals surface area contributed by atoms with Gasteiger partial charge >= 0.3 is 6.09 Å². The van der Waals surface area contributed by atoms with Gasteiger partial charge in [-0.25, -0.2) is 14.8 Å². The van der Waals surface area contributed by atoms with E-state index in [0.717, 1.165) is 22.8 Å². The van der Waals surface area contributed by atoms with Crippen molar-refractivity contribution >= 4 is 11.9 Å². The highest BCUT2D eigenvalue weighted by Gasteiger charge is 2.24. The van der Waals surface area contributed by atoms with E-state index in [1.807, 2.05) is 33.8 Å². The molecule has 0 aromatic carbocycles. The number of carbonyl (C=O) groups is 1. The van der Waals surface area contributed by atoms with E-state index in [0.29, 0.717) is 12.4 Å². The van der Waals surface area contributed by atoms with Crippen LogP contribution in [0.3, 0.4) is 0 Å². The molecule has 1 atom stereocenters. The molecule has 2 N–H and O–H groups in total. The molecule has 23 heavy (non-hydrogen) atoms. The number of H-pyrrole nitrogens is 1. The first kappa shape index (κ1) is 15.5. The van der Waals surface area contributed by atoms with Crippen LogP contribution in [0.25, 0.3) is 11.4 Å². The summed E-state index contributed by atoms with van der Waals surface area (Å²) in [5.74, 6) is 1.18. The quantitative estimate of drug-likeness (QED) is 0.886. The van der Waals surface area contributed by atoms with Gasteiger partial charge in [0, 0.05) is 11.8 Å². The third-order valence-corrected chi connectivity index (χ3v) is 3.34. The van der Waals surface area contributed by atoms with Gasteiger partial charge in [0.15, 0.2) is 0 Å². The van der Waals surface area contributed by atoms with Crippen LogP contribution in [0.5, 0.6) is 0 Å². The van der Waals surface area contributed by atoms with Crippen LogP contribution >= 0.6 is 0 Å². The first-order valence-corrected chi connectivity index (χ1v) is 7.48. The lowest BCUT2D eigenvalue weighted by Crippen LogP contribution is -2.27. The predicted octanol–water partition coefficient (Wildman–Crippen LogP) is 3.41. The summed E-state index contributed by atoms with van der Waals surface area (Å²) in [7, 11) is 0. The average molecular weight is 316 g/mol. The molecule has 7 nitrogen and oxygen atoms in total. The summed E-state index contributed by atoms with van der Waals surface area (Å²) in [6, 6.07) is 3.56. The van der Waals surface area contributed by atoms with Crippen LogP contribution in [0.1, 0.15) is 45.2 Å². The van der Waals surface area contributed by atoms with E-state index in [2.05, 4.69) is 20.3 Å². The SMILES string of the molecule is CC1OCc2[nH]c(-c3ccc(NC(=O)OC(C)(C)C)nc3)nc21. The third kappa shape index (κ3) is 3.50. The van der Waals surface area contributed by atoms with Crippen molar-refractivity contribution in [1.82, 2.24) is 15.0 Å². The molecule has 0 radical (unpaired) electrons. The summed E-state index contributed by atoms with van der Waals surface area (Å²) < 4.78 is 10.7. The summed E-state index contributed by atoms with van der Waals surface area (Å²) in [6.07, 6.45) is 1.14. The average Bonchev–Trinajstić information content (AvgIpc) is 3.00. The summed E-state index contributed by atoms with van der Waals surface area (Å²) in [6.45, 7) is 7.95. The minimum atomic E-state index is -0.544. The van der Waals surface area contributed by atoms with Crippen molar-refractivity contribution in [2.24, 2.45) is 0 Å². The second-order valence-corrected chi connectivity index (χ2v) is 6.46. The van der Waals surface area contributed by atoms with Crippen LogP contribution in [0.15, 0.2) is 18.3 Å². The van der Waals surface area contributed by atoms with Gasteiger partial charge < -0.3 is 14.5 Å². The van der Waals surface area contributed by atoms with Crippen molar-refractivity contribution in [3.05, 3.63) is 29.7 Å². The number of fused-ring (bicyclic) bond motifs is 1. The summed E-state index contributed by atoms with van der Waals surface area (Å²) in [5, 5.41) is 2.60. The second kappa shape index (κ2) is 5.66. The Hall–Kier alpha value is -2.41. The summed E-state index contributed by atoms with van der Waals surface area (Å²) in [5.41, 5.74) is 2.25. The van der Waals surface area contributed by atoms with Gasteiger partial charge in [0.1, 0.15) is 17.2 Å². The lowest BCUT2D eigenvalue weighted by molar-refractivity contribution is 0.0635. The number of ether oxygens (including phenoxy) is 2. The molecule has 0 aliphatic carbocycles. The van der Waals surface area contributed by atoms with Gasteiger partial charge in [-0.15, -0.1) is 0 Å². The number of imidazole rings is 1. The van der Waals surface area contributed by atoms with Crippen molar-refractivity contribution in [3.8, 4) is 11.4 Å². The van der Waals surface area contributed by atoms with E-state index in [1.54, 1.807) is 12.3 Å². The lowest BCUT2D eigenvalue weighted by atomic mass is 10.2. The zero-order valence-electron chi connectivity index (χ0n) is 13.6. The molecular weight excluding hydrogens is 296 g/mol. The largest absolute Gasteiger partial charge is 0.444 e. The number of hydrogen-bond acceptors (Lipinski definition) is 5. The molecule has 122 valence electrons. The van der Waals surface area contributed by atoms with Gasteiger partial charge in [-0.1, -0.05) is 0 Å². The molecule has 0 fully saturated rings. The maximum Gasteiger partial charge on any atom is 0.413 e. The van der Waals surface area contributed by atoms with Gasteiger partial charge in [0.05, 0.1) is 24.1 Å². The third-order valence-electron chi connectivity index (χ3n) is 3.34. The summed E-state index contributed by atoms with van der Waals surface area (Å²) in [4.78, 5) is 23.7. The van der Waals surface area contributed by atoms with Crippen LogP contribution in [-0.4, -0.2) is 26.6 Å². The molecule has 1 amide bonds. The van der Waals surface area contributed by atoms with Gasteiger partial charge in [0.2, 0.25) is 0 Å². The highest BCUT2D eigenvalue weighted by molar-refractivity contribution is 5.83. The zero-order chi connectivity index (χ0) is 16.6. The van der Waals surface area contributed by atoms with Crippen molar-refractivity contribution in [3.63, 3.8) is 0 Å². The fraction of sp³-hybridized carbons (Fsp3) is 0.438. The van der Waals surface area contributed by atoms with Gasteiger partial charge in [-0.3, -0.25) is 5.32 Å². The number of amides is 1. The molecule has 0 spiro atoms. The highest BCUT2D eigenvalue weighted by atomic mass is 16.6. The van der Waals surface area contributed by atoms with E-state index in [4.69, 9.17) is 9.47 Å². The number of carbonyl (C=O) groups excluding carboxylic acids is 1. The Morgan fingerprint density at radius 2 is 2.22 bits per heavy atom. The molecule has 2 aromatic rings. The molecule has 2 aromatic heterocycles. The number of nitrogens with one attached hydrogen (secondary N) is 2. The first-order valence-electron chi connectivity index (χ1n) is 7.48. The molecule has 0 saturated heterocycles. The molecule has 0 saturated carbocycles. The van der Waals surface area contributed by atoms with Crippen molar-refractivity contribution in [1.29, 1.82) is 0 Å². The fourth-order valence-electron chi connectivity index (χ4n) is 2.31. The fourth-order valence-corrected chi connectivity index (χ4v) is 2.31. The van der Waals surface area contributed by atoms with Crippen molar-refractivity contribution in [2.45, 2.75) is 46.0 Å². The number of aromatic amines is 1. The number of pyridine rings is 1. The Morgan fingerprint density at radius 3 is 2.83 bits per heavy atom. The molecular formula is C16H20N4O3. The van der Waals surface area contributed by atoms with Crippen LogP contribution < -0.4 is 5.32 Å². The minimum Gasteiger partial charge on any atom is -0.444 e. The van der Waals surface area contributed by atoms with Crippen LogP contribution in [0.2, 0.25) is 0 Å². The maximum absolute atomic E-state index is 11.7. The number of rotatable bonds is 2. The molecule has 3 rings (SSSR count). The Balaban J connectivity index is 1.70.